The van der Waals surface area contributed by atoms with Gasteiger partial charge in [0.05, 0.1) is 0 Å². The molecule has 2 N–H and O–H groups in total. The van der Waals surface area contributed by atoms with E-state index >= 15 is 0 Å². The van der Waals surface area contributed by atoms with Crippen LogP contribution in [0.15, 0.2) is 23.8 Å². The van der Waals surface area contributed by atoms with E-state index in [2.05, 4.69) is 44.1 Å². The Bertz CT molecular complexity index is 504. The van der Waals surface area contributed by atoms with Gasteiger partial charge in [-0.25, -0.2) is 9.59 Å². The van der Waals surface area contributed by atoms with Crippen LogP contribution in [0.2, 0.25) is 0 Å². The van der Waals surface area contributed by atoms with Crippen molar-refractivity contribution in [1.29, 1.82) is 0 Å². The minimum Gasteiger partial charge on any atom is -0.478 e. The van der Waals surface area contributed by atoms with Crippen LogP contribution in [-0.4, -0.2) is 71.2 Å². The fourth-order valence-corrected chi connectivity index (χ4v) is 3.02. The van der Waals surface area contributed by atoms with Crippen molar-refractivity contribution in [2.75, 3.05) is 39.3 Å². The van der Waals surface area contributed by atoms with Crippen molar-refractivity contribution in [2.45, 2.75) is 86.0 Å². The molecule has 0 saturated heterocycles. The van der Waals surface area contributed by atoms with Crippen LogP contribution in [0.5, 0.6) is 0 Å². The number of carboxylic acids is 2. The summed E-state index contributed by atoms with van der Waals surface area (Å²) in [5, 5.41) is 17.4. The summed E-state index contributed by atoms with van der Waals surface area (Å²) in [4.78, 5) is 25.9. The van der Waals surface area contributed by atoms with Crippen LogP contribution < -0.4 is 0 Å². The van der Waals surface area contributed by atoms with E-state index in [-0.39, 0.29) is 0 Å². The van der Waals surface area contributed by atoms with Gasteiger partial charge in [-0.3, -0.25) is 0 Å². The van der Waals surface area contributed by atoms with Gasteiger partial charge in [0.15, 0.2) is 0 Å². The second-order valence-electron chi connectivity index (χ2n) is 8.03. The van der Waals surface area contributed by atoms with Crippen LogP contribution in [0.25, 0.3) is 0 Å². The first kappa shape index (κ1) is 31.5. The summed E-state index contributed by atoms with van der Waals surface area (Å²) in [7, 11) is 0. The maximum Gasteiger partial charge on any atom is 0.331 e. The third kappa shape index (κ3) is 20.0. The second-order valence-corrected chi connectivity index (χ2v) is 8.03. The summed E-state index contributed by atoms with van der Waals surface area (Å²) in [5.74, 6) is -1.68. The molecule has 0 heterocycles. The van der Waals surface area contributed by atoms with Gasteiger partial charge in [0.25, 0.3) is 0 Å². The van der Waals surface area contributed by atoms with Crippen LogP contribution >= 0.6 is 0 Å². The third-order valence-corrected chi connectivity index (χ3v) is 5.00. The number of aliphatic carboxylic acids is 2. The van der Waals surface area contributed by atoms with Gasteiger partial charge in [-0.2, -0.15) is 0 Å². The number of carboxylic acid groups (broad SMARTS) is 2. The minimum atomic E-state index is -0.870. The molecule has 0 aliphatic carbocycles. The summed E-state index contributed by atoms with van der Waals surface area (Å²) in [6.45, 7) is 20.0. The van der Waals surface area contributed by atoms with Crippen molar-refractivity contribution >= 4 is 11.9 Å². The quantitative estimate of drug-likeness (QED) is 0.276. The van der Waals surface area contributed by atoms with Crippen molar-refractivity contribution in [3.8, 4) is 0 Å². The van der Waals surface area contributed by atoms with Gasteiger partial charge in [-0.05, 0) is 71.6 Å². The van der Waals surface area contributed by atoms with E-state index in [0.717, 1.165) is 58.5 Å². The Morgan fingerprint density at radius 2 is 1.23 bits per heavy atom. The van der Waals surface area contributed by atoms with Gasteiger partial charge in [0.2, 0.25) is 0 Å². The van der Waals surface area contributed by atoms with Crippen LogP contribution in [0, 0.1) is 0 Å². The number of hydrogen-bond donors (Lipinski definition) is 2. The maximum absolute atomic E-state index is 10.6. The lowest BCUT2D eigenvalue weighted by Crippen LogP contribution is -2.28. The van der Waals surface area contributed by atoms with E-state index < -0.39 is 11.9 Å². The molecule has 0 aliphatic rings. The molecule has 0 amide bonds. The van der Waals surface area contributed by atoms with Gasteiger partial charge in [0.1, 0.15) is 0 Å². The van der Waals surface area contributed by atoms with E-state index in [1.54, 1.807) is 13.0 Å². The highest BCUT2D eigenvalue weighted by Crippen LogP contribution is 2.05. The van der Waals surface area contributed by atoms with E-state index in [1.165, 1.54) is 25.7 Å². The van der Waals surface area contributed by atoms with E-state index in [1.807, 2.05) is 0 Å². The predicted molar refractivity (Wildman–Crippen MR) is 131 cm³/mol. The molecule has 0 fully saturated rings. The first-order chi connectivity index (χ1) is 14.7. The van der Waals surface area contributed by atoms with Crippen molar-refractivity contribution in [3.05, 3.63) is 23.8 Å². The van der Waals surface area contributed by atoms with Crippen LogP contribution in [0.1, 0.15) is 86.0 Å². The monoisotopic (exact) mass is 440 g/mol. The van der Waals surface area contributed by atoms with Crippen molar-refractivity contribution < 1.29 is 19.8 Å². The number of carbonyl (C=O) groups is 2. The number of nitrogens with zero attached hydrogens (tertiary/aromatic N) is 2. The Hall–Kier alpha value is -1.66. The fourth-order valence-electron chi connectivity index (χ4n) is 3.02. The second kappa shape index (κ2) is 21.6. The lowest BCUT2D eigenvalue weighted by Gasteiger charge is -2.21. The normalized spacial score (nSPS) is 11.4. The van der Waals surface area contributed by atoms with Crippen LogP contribution in [0.3, 0.4) is 0 Å². The molecule has 0 atom stereocenters. The molecule has 31 heavy (non-hydrogen) atoms. The molecule has 0 aromatic rings. The predicted octanol–water partition coefficient (Wildman–Crippen LogP) is 5.45. The Morgan fingerprint density at radius 1 is 0.742 bits per heavy atom. The minimum absolute atomic E-state index is 0.318. The smallest absolute Gasteiger partial charge is 0.331 e. The zero-order chi connectivity index (χ0) is 24.1. The molecule has 0 bridgehead atoms. The highest BCUT2D eigenvalue weighted by Gasteiger charge is 2.08. The maximum atomic E-state index is 10.6. The van der Waals surface area contributed by atoms with Crippen molar-refractivity contribution in [1.82, 2.24) is 9.80 Å². The Morgan fingerprint density at radius 3 is 1.61 bits per heavy atom. The molecule has 182 valence electrons. The summed E-state index contributed by atoms with van der Waals surface area (Å²) in [5.41, 5.74) is 0.765. The van der Waals surface area contributed by atoms with E-state index in [4.69, 9.17) is 10.2 Å². The molecule has 0 saturated carbocycles. The average Bonchev–Trinajstić information content (AvgIpc) is 2.73. The molecule has 0 aliphatic heterocycles. The fraction of sp³-hybridized carbons (Fsp3) is 0.760. The first-order valence-corrected chi connectivity index (χ1v) is 12.0. The summed E-state index contributed by atoms with van der Waals surface area (Å²) >= 11 is 0. The molecule has 0 radical (unpaired) electrons. The third-order valence-electron chi connectivity index (χ3n) is 5.00. The molecular formula is C25H48N2O4. The first-order valence-electron chi connectivity index (χ1n) is 12.0. The van der Waals surface area contributed by atoms with Crippen molar-refractivity contribution in [2.24, 2.45) is 0 Å². The van der Waals surface area contributed by atoms with Gasteiger partial charge < -0.3 is 20.0 Å². The summed E-state index contributed by atoms with van der Waals surface area (Å²) in [6, 6.07) is 0. The molecule has 0 aromatic carbocycles. The van der Waals surface area contributed by atoms with Crippen LogP contribution in [-0.2, 0) is 9.59 Å². The topological polar surface area (TPSA) is 81.1 Å². The SMILES string of the molecule is C=C(CCN(CCCC)CCCC)C(=O)O.CCCN(CCC)CCC=C(C)C(=O)O. The lowest BCUT2D eigenvalue weighted by atomic mass is 10.2. The van der Waals surface area contributed by atoms with Gasteiger partial charge in [-0.1, -0.05) is 53.2 Å². The van der Waals surface area contributed by atoms with Gasteiger partial charge in [-0.15, -0.1) is 0 Å². The standard InChI is InChI=1S/C13H25NO2.C12H23NO2/c1-4-6-9-14(10-7-5-2)11-8-12(3)13(15)16;1-4-8-13(9-5-2)10-6-7-11(3)12(14)15/h3-11H2,1-2H3,(H,15,16);7H,4-6,8-10H2,1-3H3,(H,14,15). The van der Waals surface area contributed by atoms with Crippen LogP contribution in [0.4, 0.5) is 0 Å². The van der Waals surface area contributed by atoms with E-state index in [0.29, 0.717) is 17.6 Å². The lowest BCUT2D eigenvalue weighted by molar-refractivity contribution is -0.133. The Balaban J connectivity index is 0. The highest BCUT2D eigenvalue weighted by atomic mass is 16.4. The number of unbranched alkanes of at least 4 members (excludes halogenated alkanes) is 2. The Kier molecular flexibility index (Phi) is 21.9. The average molecular weight is 441 g/mol. The Labute approximate surface area is 191 Å². The summed E-state index contributed by atoms with van der Waals surface area (Å²) in [6.07, 6.45) is 10.3. The molecule has 6 nitrogen and oxygen atoms in total. The molecule has 0 aromatic heterocycles. The molecule has 0 spiro atoms. The molecule has 0 unspecified atom stereocenters. The number of rotatable bonds is 18. The number of hydrogen-bond acceptors (Lipinski definition) is 4. The molecular weight excluding hydrogens is 392 g/mol. The zero-order valence-electron chi connectivity index (χ0n) is 20.8. The summed E-state index contributed by atoms with van der Waals surface area (Å²) < 4.78 is 0. The largest absolute Gasteiger partial charge is 0.478 e. The molecule has 0 rings (SSSR count). The molecule has 6 heteroatoms. The van der Waals surface area contributed by atoms with Gasteiger partial charge >= 0.3 is 11.9 Å². The zero-order valence-corrected chi connectivity index (χ0v) is 20.8. The van der Waals surface area contributed by atoms with Crippen molar-refractivity contribution in [3.63, 3.8) is 0 Å². The van der Waals surface area contributed by atoms with Gasteiger partial charge in [0, 0.05) is 24.2 Å². The van der Waals surface area contributed by atoms with E-state index in [9.17, 15) is 9.59 Å². The highest BCUT2D eigenvalue weighted by molar-refractivity contribution is 5.86.